The average molecular weight is 634 g/mol. The number of carboxylic acids is 1. The largest absolute Gasteiger partial charge is 0.477 e. The Morgan fingerprint density at radius 3 is 2.76 bits per heavy atom. The number of amides is 2. The van der Waals surface area contributed by atoms with Gasteiger partial charge >= 0.3 is 22.1 Å². The van der Waals surface area contributed by atoms with E-state index in [0.717, 1.165) is 11.0 Å². The number of thioether (sulfide) groups is 2. The van der Waals surface area contributed by atoms with Crippen LogP contribution in [0.15, 0.2) is 27.0 Å². The number of aliphatic carboxylic acids is 1. The molecule has 1 saturated heterocycles. The van der Waals surface area contributed by atoms with Crippen LogP contribution in [0, 0.1) is 0 Å². The lowest BCUT2D eigenvalue weighted by atomic mass is 9.98. The molecule has 18 nitrogen and oxygen atoms in total. The van der Waals surface area contributed by atoms with Crippen LogP contribution in [0.2, 0.25) is 0 Å². The van der Waals surface area contributed by atoms with E-state index < -0.39 is 63.0 Å². The highest BCUT2D eigenvalue weighted by Crippen LogP contribution is 2.47. The van der Waals surface area contributed by atoms with Crippen molar-refractivity contribution in [1.82, 2.24) is 35.6 Å². The van der Waals surface area contributed by atoms with Gasteiger partial charge in [-0.05, 0) is 28.1 Å². The van der Waals surface area contributed by atoms with Crippen molar-refractivity contribution in [3.8, 4) is 5.88 Å². The maximum atomic E-state index is 13.3. The molecule has 0 saturated carbocycles. The van der Waals surface area contributed by atoms with E-state index in [0.29, 0.717) is 10.7 Å². The molecule has 1 fully saturated rings. The van der Waals surface area contributed by atoms with Gasteiger partial charge in [-0.3, -0.25) is 19.3 Å². The highest BCUT2D eigenvalue weighted by atomic mass is 32.2. The number of aryl methyl sites for hydroxylation is 1. The quantitative estimate of drug-likeness (QED) is 0.0840. The van der Waals surface area contributed by atoms with Crippen molar-refractivity contribution in [3.63, 3.8) is 0 Å². The Kier molecular flexibility index (Phi) is 8.89. The molecule has 2 amide bonds. The molecule has 2 atom stereocenters. The molecule has 222 valence electrons. The number of β-lactam (4-membered cyclic amide) rings is 1. The summed E-state index contributed by atoms with van der Waals surface area (Å²) in [5.74, 6) is -5.18. The fourth-order valence-corrected chi connectivity index (χ4v) is 7.08. The Bertz CT molecular complexity index is 1510. The number of carboxylic acid groups (broad SMARTS) is 1. The normalized spacial score (nSPS) is 20.3. The molecule has 21 heteroatoms. The van der Waals surface area contributed by atoms with Gasteiger partial charge in [-0.2, -0.15) is 8.42 Å². The minimum absolute atomic E-state index is 0.0178. The number of carbonyl (C=O) groups is 4. The number of hydrogen-bond acceptors (Lipinski definition) is 16. The molecule has 0 radical (unpaired) electrons. The third-order valence-corrected chi connectivity index (χ3v) is 9.09. The van der Waals surface area contributed by atoms with E-state index in [9.17, 15) is 32.7 Å². The van der Waals surface area contributed by atoms with Gasteiger partial charge in [0.15, 0.2) is 5.75 Å². The summed E-state index contributed by atoms with van der Waals surface area (Å²) in [7, 11) is -1.56. The molecule has 0 aliphatic carbocycles. The lowest BCUT2D eigenvalue weighted by Gasteiger charge is -2.55. The second-order valence-electron chi connectivity index (χ2n) is 8.36. The van der Waals surface area contributed by atoms with Gasteiger partial charge in [0.05, 0.1) is 13.0 Å². The predicted octanol–water partition coefficient (Wildman–Crippen LogP) is -1.48. The van der Waals surface area contributed by atoms with E-state index in [1.165, 1.54) is 42.2 Å². The van der Waals surface area contributed by atoms with E-state index in [-0.39, 0.29) is 29.6 Å². The zero-order chi connectivity index (χ0) is 29.9. The summed E-state index contributed by atoms with van der Waals surface area (Å²) < 4.78 is 45.0. The van der Waals surface area contributed by atoms with Crippen LogP contribution in [-0.4, -0.2) is 110 Å². The van der Waals surface area contributed by atoms with Gasteiger partial charge in [-0.25, -0.2) is 9.48 Å². The third-order valence-electron chi connectivity index (χ3n) is 5.60. The molecule has 0 unspecified atom stereocenters. The third kappa shape index (κ3) is 6.31. The van der Waals surface area contributed by atoms with Crippen molar-refractivity contribution >= 4 is 57.4 Å². The molecule has 0 aromatic carbocycles. The van der Waals surface area contributed by atoms with Crippen molar-refractivity contribution in [2.45, 2.75) is 29.6 Å². The minimum Gasteiger partial charge on any atom is -0.477 e. The number of esters is 1. The van der Waals surface area contributed by atoms with Gasteiger partial charge < -0.3 is 28.6 Å². The predicted molar refractivity (Wildman–Crippen MR) is 136 cm³/mol. The fraction of sp³-hybridized carbons (Fsp3) is 0.500. The summed E-state index contributed by atoms with van der Waals surface area (Å²) in [6.45, 7) is 1.49. The number of nitrogens with one attached hydrogen (secondary N) is 1. The first-order valence-corrected chi connectivity index (χ1v) is 15.2. The fourth-order valence-electron chi connectivity index (χ4n) is 3.88. The molecule has 2 aromatic rings. The van der Waals surface area contributed by atoms with E-state index in [2.05, 4.69) is 34.9 Å². The van der Waals surface area contributed by atoms with Gasteiger partial charge in [0.2, 0.25) is 11.1 Å². The number of ether oxygens (including phenoxy) is 2. The summed E-state index contributed by atoms with van der Waals surface area (Å²) in [6, 6.07) is 1.02. The second kappa shape index (κ2) is 12.0. The Hall–Kier alpha value is -3.69. The first-order chi connectivity index (χ1) is 19.4. The summed E-state index contributed by atoms with van der Waals surface area (Å²) in [5.41, 5.74) is -1.62. The van der Waals surface area contributed by atoms with Crippen LogP contribution in [0.1, 0.15) is 12.7 Å². The van der Waals surface area contributed by atoms with Crippen LogP contribution in [0.3, 0.4) is 0 Å². The molecule has 41 heavy (non-hydrogen) atoms. The van der Waals surface area contributed by atoms with Crippen molar-refractivity contribution in [2.24, 2.45) is 7.05 Å². The zero-order valence-corrected chi connectivity index (χ0v) is 24.1. The maximum absolute atomic E-state index is 13.3. The van der Waals surface area contributed by atoms with Gasteiger partial charge in [0, 0.05) is 31.7 Å². The molecule has 0 spiro atoms. The van der Waals surface area contributed by atoms with Crippen molar-refractivity contribution < 1.29 is 50.9 Å². The lowest BCUT2D eigenvalue weighted by Crippen LogP contribution is -2.80. The average Bonchev–Trinajstić information content (AvgIpc) is 3.52. The first-order valence-electron chi connectivity index (χ1n) is 11.6. The second-order valence-corrected chi connectivity index (χ2v) is 11.9. The number of aromatic nitrogens is 5. The maximum Gasteiger partial charge on any atom is 0.352 e. The Balaban J connectivity index is 1.42. The molecular formula is C20H23N7O11S3. The van der Waals surface area contributed by atoms with Crippen LogP contribution in [-0.2, 0) is 52.2 Å². The molecule has 2 N–H and O–H groups in total. The first kappa shape index (κ1) is 30.3. The number of carbonyl (C=O) groups excluding carboxylic acids is 3. The van der Waals surface area contributed by atoms with Crippen LogP contribution < -0.4 is 9.50 Å². The highest BCUT2D eigenvalue weighted by Gasteiger charge is 2.66. The molecule has 4 rings (SSSR count). The zero-order valence-electron chi connectivity index (χ0n) is 21.6. The Morgan fingerprint density at radius 1 is 1.37 bits per heavy atom. The topological polar surface area (TPSA) is 235 Å². The standard InChI is InChI=1S/C20H23N7O11S3/c1-4-36-14(29)9-41(33,34)38-13-6-11(37-23-13)5-12(28)21-20(35-3)17(32)27-15(16(30)31)10(7-39-18(20)27)8-40-19-22-24-25-26(19)2/h6,18H,4-5,7-9H2,1-3H3,(H,21,28)(H,30,31)/t18-,20-/m0/s1. The summed E-state index contributed by atoms with van der Waals surface area (Å²) in [6.07, 6.45) is -0.501. The SMILES string of the molecule is CCOC(=O)CS(=O)(=O)Oc1cc(CC(=O)N[C@]2(OC)C(=O)N3C(C(=O)O)=C(CSc4nnnn4C)CS[C@H]32)on1. The van der Waals surface area contributed by atoms with Crippen molar-refractivity contribution in [3.05, 3.63) is 23.1 Å². The molecular weight excluding hydrogens is 610 g/mol. The smallest absolute Gasteiger partial charge is 0.352 e. The number of fused-ring (bicyclic) bond motifs is 1. The number of rotatable bonds is 13. The molecule has 2 aromatic heterocycles. The van der Waals surface area contributed by atoms with Gasteiger partial charge in [-0.15, -0.1) is 16.9 Å². The van der Waals surface area contributed by atoms with Gasteiger partial charge in [0.1, 0.15) is 16.8 Å². The number of methoxy groups -OCH3 is 1. The monoisotopic (exact) mass is 633 g/mol. The summed E-state index contributed by atoms with van der Waals surface area (Å²) in [5, 5.41) is 26.5. The number of nitrogens with zero attached hydrogens (tertiary/aromatic N) is 6. The van der Waals surface area contributed by atoms with E-state index in [1.54, 1.807) is 7.05 Å². The molecule has 2 aliphatic heterocycles. The van der Waals surface area contributed by atoms with E-state index in [4.69, 9.17) is 9.26 Å². The van der Waals surface area contributed by atoms with Gasteiger partial charge in [0.25, 0.3) is 17.5 Å². The van der Waals surface area contributed by atoms with Crippen molar-refractivity contribution in [1.29, 1.82) is 0 Å². The van der Waals surface area contributed by atoms with Gasteiger partial charge in [-0.1, -0.05) is 11.8 Å². The number of hydrogen-bond donors (Lipinski definition) is 2. The molecule has 4 heterocycles. The van der Waals surface area contributed by atoms with Crippen LogP contribution in [0.5, 0.6) is 5.88 Å². The summed E-state index contributed by atoms with van der Waals surface area (Å²) >= 11 is 2.40. The minimum atomic E-state index is -4.39. The van der Waals surface area contributed by atoms with E-state index >= 15 is 0 Å². The Labute approximate surface area is 240 Å². The van der Waals surface area contributed by atoms with Crippen LogP contribution >= 0.6 is 23.5 Å². The Morgan fingerprint density at radius 2 is 2.12 bits per heavy atom. The van der Waals surface area contributed by atoms with E-state index in [1.807, 2.05) is 0 Å². The molecule has 2 aliphatic rings. The lowest BCUT2D eigenvalue weighted by molar-refractivity contribution is -0.192. The highest BCUT2D eigenvalue weighted by molar-refractivity contribution is 8.01. The summed E-state index contributed by atoms with van der Waals surface area (Å²) in [4.78, 5) is 50.7. The molecule has 0 bridgehead atoms. The van der Waals surface area contributed by atoms with Crippen LogP contribution in [0.25, 0.3) is 0 Å². The van der Waals surface area contributed by atoms with Crippen LogP contribution in [0.4, 0.5) is 0 Å². The number of tetrazole rings is 1. The van der Waals surface area contributed by atoms with Crippen molar-refractivity contribution in [2.75, 3.05) is 31.0 Å².